The first kappa shape index (κ1) is 21.3. The Labute approximate surface area is 189 Å². The maximum absolute atomic E-state index is 12.8. The van der Waals surface area contributed by atoms with E-state index < -0.39 is 0 Å². The fourth-order valence-electron chi connectivity index (χ4n) is 3.47. The molecule has 1 atom stereocenters. The second-order valence-corrected chi connectivity index (χ2v) is 8.95. The zero-order chi connectivity index (χ0) is 21.6. The average molecular weight is 450 g/mol. The Morgan fingerprint density at radius 2 is 1.81 bits per heavy atom. The molecule has 4 rings (SSSR count). The molecule has 2 aromatic carbocycles. The fraction of sp³-hybridized carbons (Fsp3) is 0.208. The van der Waals surface area contributed by atoms with Crippen LogP contribution in [0.15, 0.2) is 82.1 Å². The molecule has 0 saturated carbocycles. The van der Waals surface area contributed by atoms with Crippen LogP contribution in [0.3, 0.4) is 0 Å². The summed E-state index contributed by atoms with van der Waals surface area (Å²) >= 11 is 2.70. The Bertz CT molecular complexity index is 1220. The van der Waals surface area contributed by atoms with Crippen LogP contribution in [0.1, 0.15) is 24.1 Å². The number of hydrogen-bond donors (Lipinski definition) is 1. The number of hydrogen-bond acceptors (Lipinski definition) is 5. The smallest absolute Gasteiger partial charge is 0.272 e. The summed E-state index contributed by atoms with van der Waals surface area (Å²) < 4.78 is 2.29. The molecule has 1 unspecified atom stereocenters. The standard InChI is InChI=1S/C24H23N3O2S2/c1-2-27-23(29)22-19(13-14-30-22)26-24(27)31-16-21(28)25-20(18-11-7-4-8-12-18)15-17-9-5-3-6-10-17/h3-14,20H,2,15-16H2,1H3,(H,25,28). The van der Waals surface area contributed by atoms with Gasteiger partial charge in [-0.1, -0.05) is 72.4 Å². The number of nitrogens with zero attached hydrogens (tertiary/aromatic N) is 2. The molecule has 0 spiro atoms. The summed E-state index contributed by atoms with van der Waals surface area (Å²) in [4.78, 5) is 30.1. The summed E-state index contributed by atoms with van der Waals surface area (Å²) in [7, 11) is 0. The summed E-state index contributed by atoms with van der Waals surface area (Å²) in [6.45, 7) is 2.43. The summed E-state index contributed by atoms with van der Waals surface area (Å²) in [5.74, 6) is 0.109. The maximum Gasteiger partial charge on any atom is 0.272 e. The second-order valence-electron chi connectivity index (χ2n) is 7.09. The number of fused-ring (bicyclic) bond motifs is 1. The molecule has 0 aliphatic rings. The molecule has 2 aromatic heterocycles. The van der Waals surface area contributed by atoms with E-state index in [2.05, 4.69) is 22.4 Å². The minimum Gasteiger partial charge on any atom is -0.348 e. The number of thiophene rings is 1. The molecule has 158 valence electrons. The molecule has 0 aliphatic carbocycles. The number of amides is 1. The molecule has 1 N–H and O–H groups in total. The number of carbonyl (C=O) groups excluding carboxylic acids is 1. The van der Waals surface area contributed by atoms with Gasteiger partial charge in [-0.25, -0.2) is 4.98 Å². The van der Waals surface area contributed by atoms with E-state index in [1.54, 1.807) is 4.57 Å². The van der Waals surface area contributed by atoms with Crippen molar-refractivity contribution in [2.75, 3.05) is 5.75 Å². The van der Waals surface area contributed by atoms with Crippen LogP contribution >= 0.6 is 23.1 Å². The van der Waals surface area contributed by atoms with E-state index in [-0.39, 0.29) is 23.3 Å². The largest absolute Gasteiger partial charge is 0.348 e. The van der Waals surface area contributed by atoms with E-state index in [0.29, 0.717) is 28.3 Å². The van der Waals surface area contributed by atoms with Crippen molar-refractivity contribution in [3.8, 4) is 0 Å². The van der Waals surface area contributed by atoms with Gasteiger partial charge in [0, 0.05) is 6.54 Å². The van der Waals surface area contributed by atoms with Crippen LogP contribution in [0.2, 0.25) is 0 Å². The number of aromatic nitrogens is 2. The van der Waals surface area contributed by atoms with Gasteiger partial charge in [-0.3, -0.25) is 14.2 Å². The zero-order valence-corrected chi connectivity index (χ0v) is 18.8. The summed E-state index contributed by atoms with van der Waals surface area (Å²) in [5.41, 5.74) is 2.87. The van der Waals surface area contributed by atoms with Crippen LogP contribution in [0.25, 0.3) is 10.2 Å². The molecule has 0 radical (unpaired) electrons. The first-order valence-corrected chi connectivity index (χ1v) is 12.0. The molecule has 5 nitrogen and oxygen atoms in total. The SMILES string of the molecule is CCn1c(SCC(=O)NC(Cc2ccccc2)c2ccccc2)nc2ccsc2c1=O. The van der Waals surface area contributed by atoms with Crippen LogP contribution in [-0.2, 0) is 17.8 Å². The Hall–Kier alpha value is -2.90. The predicted molar refractivity (Wildman–Crippen MR) is 128 cm³/mol. The van der Waals surface area contributed by atoms with Crippen LogP contribution in [0, 0.1) is 0 Å². The minimum absolute atomic E-state index is 0.0448. The molecule has 7 heteroatoms. The highest BCUT2D eigenvalue weighted by Gasteiger charge is 2.17. The minimum atomic E-state index is -0.127. The summed E-state index contributed by atoms with van der Waals surface area (Å²) in [6, 6.07) is 21.8. The first-order chi connectivity index (χ1) is 15.2. The second kappa shape index (κ2) is 9.94. The summed E-state index contributed by atoms with van der Waals surface area (Å²) in [5, 5.41) is 5.61. The van der Waals surface area contributed by atoms with Gasteiger partial charge >= 0.3 is 0 Å². The van der Waals surface area contributed by atoms with Crippen molar-refractivity contribution in [1.29, 1.82) is 0 Å². The molecule has 0 fully saturated rings. The molecule has 1 amide bonds. The van der Waals surface area contributed by atoms with Gasteiger partial charge in [0.1, 0.15) is 4.70 Å². The number of rotatable bonds is 8. The number of nitrogens with one attached hydrogen (secondary N) is 1. The number of thioether (sulfide) groups is 1. The lowest BCUT2D eigenvalue weighted by Crippen LogP contribution is -2.31. The quantitative estimate of drug-likeness (QED) is 0.314. The van der Waals surface area contributed by atoms with Gasteiger partial charge < -0.3 is 5.32 Å². The highest BCUT2D eigenvalue weighted by atomic mass is 32.2. The molecule has 0 aliphatic heterocycles. The van der Waals surface area contributed by atoms with Gasteiger partial charge in [0.2, 0.25) is 5.91 Å². The molecular formula is C24H23N3O2S2. The molecule has 0 saturated heterocycles. The number of benzene rings is 2. The van der Waals surface area contributed by atoms with Gasteiger partial charge in [-0.2, -0.15) is 0 Å². The molecule has 0 bridgehead atoms. The van der Waals surface area contributed by atoms with Crippen molar-refractivity contribution in [3.63, 3.8) is 0 Å². The monoisotopic (exact) mass is 449 g/mol. The topological polar surface area (TPSA) is 64.0 Å². The van der Waals surface area contributed by atoms with Gasteiger partial charge in [-0.05, 0) is 35.9 Å². The van der Waals surface area contributed by atoms with Crippen LogP contribution in [0.5, 0.6) is 0 Å². The van der Waals surface area contributed by atoms with E-state index in [1.165, 1.54) is 23.1 Å². The van der Waals surface area contributed by atoms with E-state index >= 15 is 0 Å². The van der Waals surface area contributed by atoms with Crippen LogP contribution in [0.4, 0.5) is 0 Å². The van der Waals surface area contributed by atoms with Gasteiger partial charge in [0.25, 0.3) is 5.56 Å². The lowest BCUT2D eigenvalue weighted by Gasteiger charge is -2.20. The van der Waals surface area contributed by atoms with Crippen molar-refractivity contribution in [2.45, 2.75) is 31.1 Å². The van der Waals surface area contributed by atoms with Crippen LogP contribution < -0.4 is 10.9 Å². The van der Waals surface area contributed by atoms with E-state index in [1.807, 2.05) is 66.9 Å². The average Bonchev–Trinajstić information content (AvgIpc) is 3.28. The molecule has 4 aromatic rings. The van der Waals surface area contributed by atoms with Crippen molar-refractivity contribution in [3.05, 3.63) is 93.6 Å². The Morgan fingerprint density at radius 3 is 2.52 bits per heavy atom. The lowest BCUT2D eigenvalue weighted by atomic mass is 9.99. The number of carbonyl (C=O) groups is 1. The van der Waals surface area contributed by atoms with Crippen molar-refractivity contribution >= 4 is 39.2 Å². The molecular weight excluding hydrogens is 426 g/mol. The van der Waals surface area contributed by atoms with Crippen LogP contribution in [-0.4, -0.2) is 21.2 Å². The Kier molecular flexibility index (Phi) is 6.84. The van der Waals surface area contributed by atoms with Crippen molar-refractivity contribution in [1.82, 2.24) is 14.9 Å². The summed E-state index contributed by atoms with van der Waals surface area (Å²) in [6.07, 6.45) is 0.708. The lowest BCUT2D eigenvalue weighted by molar-refractivity contribution is -0.119. The Balaban J connectivity index is 1.49. The fourth-order valence-corrected chi connectivity index (χ4v) is 5.12. The van der Waals surface area contributed by atoms with Crippen molar-refractivity contribution < 1.29 is 4.79 Å². The third-order valence-electron chi connectivity index (χ3n) is 5.00. The van der Waals surface area contributed by atoms with Gasteiger partial charge in [0.15, 0.2) is 5.16 Å². The maximum atomic E-state index is 12.8. The zero-order valence-electron chi connectivity index (χ0n) is 17.2. The van der Waals surface area contributed by atoms with Crippen molar-refractivity contribution in [2.24, 2.45) is 0 Å². The third-order valence-corrected chi connectivity index (χ3v) is 6.87. The normalized spacial score (nSPS) is 12.0. The highest BCUT2D eigenvalue weighted by Crippen LogP contribution is 2.22. The van der Waals surface area contributed by atoms with Gasteiger partial charge in [0.05, 0.1) is 17.3 Å². The molecule has 2 heterocycles. The predicted octanol–water partition coefficient (Wildman–Crippen LogP) is 4.67. The molecule has 31 heavy (non-hydrogen) atoms. The van der Waals surface area contributed by atoms with Gasteiger partial charge in [-0.15, -0.1) is 11.3 Å². The Morgan fingerprint density at radius 1 is 1.10 bits per heavy atom. The van der Waals surface area contributed by atoms with E-state index in [9.17, 15) is 9.59 Å². The van der Waals surface area contributed by atoms with E-state index in [0.717, 1.165) is 11.1 Å². The highest BCUT2D eigenvalue weighted by molar-refractivity contribution is 7.99. The van der Waals surface area contributed by atoms with E-state index in [4.69, 9.17) is 0 Å². The first-order valence-electron chi connectivity index (χ1n) is 10.1. The third kappa shape index (κ3) is 5.06.